The molecule has 1 aromatic heterocycles. The molecule has 0 aliphatic heterocycles. The van der Waals surface area contributed by atoms with Gasteiger partial charge in [0.05, 0.1) is 12.0 Å². The van der Waals surface area contributed by atoms with Gasteiger partial charge in [-0.1, -0.05) is 19.7 Å². The van der Waals surface area contributed by atoms with Crippen molar-refractivity contribution in [1.82, 2.24) is 24.9 Å². The molecule has 0 radical (unpaired) electrons. The Morgan fingerprint density at radius 2 is 2.35 bits per heavy atom. The summed E-state index contributed by atoms with van der Waals surface area (Å²) in [6.07, 6.45) is 2.64. The van der Waals surface area contributed by atoms with Crippen LogP contribution in [0.5, 0.6) is 0 Å². The number of H-pyrrole nitrogens is 1. The molecule has 0 saturated heterocycles. The van der Waals surface area contributed by atoms with Gasteiger partial charge in [-0.2, -0.15) is 0 Å². The number of hydrogen-bond acceptors (Lipinski definition) is 4. The topological polar surface area (TPSA) is 73.0 Å². The summed E-state index contributed by atoms with van der Waals surface area (Å²) >= 11 is 3.88. The van der Waals surface area contributed by atoms with Gasteiger partial charge in [0.25, 0.3) is 0 Å². The second-order valence-electron chi connectivity index (χ2n) is 3.61. The molecule has 96 valence electrons. The molecule has 0 aromatic carbocycles. The molecule has 17 heavy (non-hydrogen) atoms. The minimum absolute atomic E-state index is 0.204. The largest absolute Gasteiger partial charge is 0.348 e. The summed E-state index contributed by atoms with van der Waals surface area (Å²) in [6, 6.07) is -0.204. The Morgan fingerprint density at radius 1 is 1.59 bits per heavy atom. The molecule has 1 rings (SSSR count). The minimum atomic E-state index is -0.204. The van der Waals surface area contributed by atoms with E-state index in [1.54, 1.807) is 13.4 Å². The standard InChI is InChI=1S/C10H19N5OS/c1-3-8-9(14-7-13-8)6-11-4-5-12-10(16)15(2)17/h7,11,17H,3-6H2,1-2H3,(H,12,16)(H,13,14). The summed E-state index contributed by atoms with van der Waals surface area (Å²) in [7, 11) is 1.59. The van der Waals surface area contributed by atoms with Gasteiger partial charge in [0.1, 0.15) is 0 Å². The Labute approximate surface area is 107 Å². The maximum absolute atomic E-state index is 11.1. The fraction of sp³-hybridized carbons (Fsp3) is 0.600. The molecule has 0 fully saturated rings. The summed E-state index contributed by atoms with van der Waals surface area (Å²) in [6.45, 7) is 4.05. The number of carbonyl (C=O) groups is 1. The summed E-state index contributed by atoms with van der Waals surface area (Å²) in [4.78, 5) is 18.4. The fourth-order valence-electron chi connectivity index (χ4n) is 1.39. The van der Waals surface area contributed by atoms with Gasteiger partial charge in [0.15, 0.2) is 0 Å². The van der Waals surface area contributed by atoms with Crippen molar-refractivity contribution in [3.8, 4) is 0 Å². The molecule has 0 unspecified atom stereocenters. The van der Waals surface area contributed by atoms with Crippen LogP contribution < -0.4 is 10.6 Å². The van der Waals surface area contributed by atoms with Crippen LogP contribution >= 0.6 is 12.8 Å². The van der Waals surface area contributed by atoms with Crippen LogP contribution in [0.4, 0.5) is 4.79 Å². The number of aryl methyl sites for hydroxylation is 1. The molecule has 0 aliphatic rings. The Balaban J connectivity index is 2.14. The van der Waals surface area contributed by atoms with E-state index >= 15 is 0 Å². The Kier molecular flexibility index (Phi) is 5.85. The molecule has 0 bridgehead atoms. The SMILES string of the molecule is CCc1[nH]cnc1CNCCNC(=O)N(C)S. The number of nitrogens with zero attached hydrogens (tertiary/aromatic N) is 2. The smallest absolute Gasteiger partial charge is 0.326 e. The first-order chi connectivity index (χ1) is 8.15. The maximum Gasteiger partial charge on any atom is 0.326 e. The zero-order valence-corrected chi connectivity index (χ0v) is 11.1. The van der Waals surface area contributed by atoms with Crippen LogP contribution in [0.2, 0.25) is 0 Å². The van der Waals surface area contributed by atoms with Crippen LogP contribution in [0.15, 0.2) is 6.33 Å². The highest BCUT2D eigenvalue weighted by Crippen LogP contribution is 2.02. The number of amides is 2. The van der Waals surface area contributed by atoms with E-state index in [4.69, 9.17) is 0 Å². The highest BCUT2D eigenvalue weighted by atomic mass is 32.1. The fourth-order valence-corrected chi connectivity index (χ4v) is 1.46. The number of thiol groups is 1. The van der Waals surface area contributed by atoms with Gasteiger partial charge in [0, 0.05) is 32.4 Å². The van der Waals surface area contributed by atoms with Crippen LogP contribution in [0, 0.1) is 0 Å². The molecule has 0 atom stereocenters. The summed E-state index contributed by atoms with van der Waals surface area (Å²) < 4.78 is 1.21. The molecule has 7 heteroatoms. The lowest BCUT2D eigenvalue weighted by Gasteiger charge is -2.10. The van der Waals surface area contributed by atoms with Gasteiger partial charge in [-0.05, 0) is 6.42 Å². The zero-order chi connectivity index (χ0) is 12.7. The van der Waals surface area contributed by atoms with E-state index in [-0.39, 0.29) is 6.03 Å². The third-order valence-corrected chi connectivity index (χ3v) is 2.51. The Hall–Kier alpha value is -1.21. The van der Waals surface area contributed by atoms with Crippen LogP contribution in [0.1, 0.15) is 18.3 Å². The number of aromatic amines is 1. The lowest BCUT2D eigenvalue weighted by Crippen LogP contribution is -2.36. The summed E-state index contributed by atoms with van der Waals surface area (Å²) in [5, 5.41) is 5.93. The average molecular weight is 257 g/mol. The number of hydrogen-bond donors (Lipinski definition) is 4. The lowest BCUT2D eigenvalue weighted by atomic mass is 10.2. The average Bonchev–Trinajstić information content (AvgIpc) is 2.75. The lowest BCUT2D eigenvalue weighted by molar-refractivity contribution is 0.231. The van der Waals surface area contributed by atoms with Crippen molar-refractivity contribution in [3.63, 3.8) is 0 Å². The van der Waals surface area contributed by atoms with E-state index in [0.717, 1.165) is 17.8 Å². The molecule has 0 saturated carbocycles. The molecule has 6 nitrogen and oxygen atoms in total. The van der Waals surface area contributed by atoms with E-state index < -0.39 is 0 Å². The molecular weight excluding hydrogens is 238 g/mol. The van der Waals surface area contributed by atoms with E-state index in [2.05, 4.69) is 40.3 Å². The van der Waals surface area contributed by atoms with Crippen molar-refractivity contribution >= 4 is 18.8 Å². The predicted molar refractivity (Wildman–Crippen MR) is 69.8 cm³/mol. The van der Waals surface area contributed by atoms with E-state index in [1.165, 1.54) is 4.31 Å². The van der Waals surface area contributed by atoms with Crippen LogP contribution in [0.3, 0.4) is 0 Å². The van der Waals surface area contributed by atoms with Crippen molar-refractivity contribution in [3.05, 3.63) is 17.7 Å². The van der Waals surface area contributed by atoms with Crippen molar-refractivity contribution in [2.45, 2.75) is 19.9 Å². The second-order valence-corrected chi connectivity index (χ2v) is 4.21. The number of imidazole rings is 1. The van der Waals surface area contributed by atoms with Gasteiger partial charge in [-0.15, -0.1) is 0 Å². The second kappa shape index (κ2) is 7.18. The Morgan fingerprint density at radius 3 is 3.00 bits per heavy atom. The molecule has 2 amide bonds. The first-order valence-corrected chi connectivity index (χ1v) is 5.97. The highest BCUT2D eigenvalue weighted by Gasteiger charge is 2.04. The zero-order valence-electron chi connectivity index (χ0n) is 10.2. The van der Waals surface area contributed by atoms with Gasteiger partial charge < -0.3 is 15.6 Å². The molecule has 3 N–H and O–H groups in total. The first-order valence-electron chi connectivity index (χ1n) is 5.57. The van der Waals surface area contributed by atoms with Gasteiger partial charge >= 0.3 is 6.03 Å². The summed E-state index contributed by atoms with van der Waals surface area (Å²) in [5.74, 6) is 0. The molecule has 0 aliphatic carbocycles. The third kappa shape index (κ3) is 4.66. The van der Waals surface area contributed by atoms with Crippen LogP contribution in [-0.2, 0) is 13.0 Å². The normalized spacial score (nSPS) is 10.3. The molecular formula is C10H19N5OS. The number of carbonyl (C=O) groups excluding carboxylic acids is 1. The molecule has 1 aromatic rings. The first kappa shape index (κ1) is 13.9. The van der Waals surface area contributed by atoms with Gasteiger partial charge in [0.2, 0.25) is 0 Å². The van der Waals surface area contributed by atoms with Gasteiger partial charge in [-0.3, -0.25) is 4.31 Å². The van der Waals surface area contributed by atoms with Crippen molar-refractivity contribution in [1.29, 1.82) is 0 Å². The van der Waals surface area contributed by atoms with Crippen molar-refractivity contribution < 1.29 is 4.79 Å². The maximum atomic E-state index is 11.1. The predicted octanol–water partition coefficient (Wildman–Crippen LogP) is 0.548. The van der Waals surface area contributed by atoms with Crippen molar-refractivity contribution in [2.24, 2.45) is 0 Å². The number of urea groups is 1. The summed E-state index contributed by atoms with van der Waals surface area (Å²) in [5.41, 5.74) is 2.18. The van der Waals surface area contributed by atoms with Crippen LogP contribution in [-0.4, -0.2) is 40.4 Å². The Bertz CT molecular complexity index is 352. The number of nitrogens with one attached hydrogen (secondary N) is 3. The monoisotopic (exact) mass is 257 g/mol. The minimum Gasteiger partial charge on any atom is -0.348 e. The number of rotatable bonds is 6. The molecule has 0 spiro atoms. The van der Waals surface area contributed by atoms with E-state index in [0.29, 0.717) is 19.6 Å². The van der Waals surface area contributed by atoms with Gasteiger partial charge in [-0.25, -0.2) is 9.78 Å². The van der Waals surface area contributed by atoms with Crippen molar-refractivity contribution in [2.75, 3.05) is 20.1 Å². The van der Waals surface area contributed by atoms with E-state index in [1.807, 2.05) is 0 Å². The molecule has 1 heterocycles. The van der Waals surface area contributed by atoms with Crippen LogP contribution in [0.25, 0.3) is 0 Å². The third-order valence-electron chi connectivity index (χ3n) is 2.33. The quantitative estimate of drug-likeness (QED) is 0.444. The highest BCUT2D eigenvalue weighted by molar-refractivity contribution is 7.78. The number of aromatic nitrogens is 2. The van der Waals surface area contributed by atoms with E-state index in [9.17, 15) is 4.79 Å².